The van der Waals surface area contributed by atoms with Gasteiger partial charge in [0.05, 0.1) is 23.9 Å². The van der Waals surface area contributed by atoms with Crippen molar-refractivity contribution in [3.63, 3.8) is 0 Å². The Morgan fingerprint density at radius 3 is 2.50 bits per heavy atom. The molecule has 2 heterocycles. The molecule has 0 saturated carbocycles. The predicted molar refractivity (Wildman–Crippen MR) is 130 cm³/mol. The van der Waals surface area contributed by atoms with Crippen molar-refractivity contribution in [2.24, 2.45) is 12.1 Å². The van der Waals surface area contributed by atoms with Crippen molar-refractivity contribution in [1.82, 2.24) is 14.8 Å². The topological polar surface area (TPSA) is 137 Å². The van der Waals surface area contributed by atoms with Crippen LogP contribution in [0.25, 0.3) is 5.69 Å². The predicted octanol–water partition coefficient (Wildman–Crippen LogP) is 2.39. The second-order valence-electron chi connectivity index (χ2n) is 7.53. The third-order valence-corrected chi connectivity index (χ3v) is 5.17. The van der Waals surface area contributed by atoms with Crippen molar-refractivity contribution in [3.8, 4) is 11.4 Å². The number of hydrogen-bond donors (Lipinski definition) is 2. The molecule has 0 spiro atoms. The molecule has 11 heteroatoms. The number of esters is 1. The molecule has 0 atom stereocenters. The molecule has 11 nitrogen and oxygen atoms in total. The number of ether oxygens (including phenoxy) is 1. The van der Waals surface area contributed by atoms with Crippen LogP contribution in [0.5, 0.6) is 5.75 Å². The van der Waals surface area contributed by atoms with E-state index in [2.05, 4.69) is 15.8 Å². The summed E-state index contributed by atoms with van der Waals surface area (Å²) in [5.41, 5.74) is 3.18. The number of nitrogens with one attached hydrogen (secondary N) is 2. The van der Waals surface area contributed by atoms with Gasteiger partial charge in [-0.2, -0.15) is 5.10 Å². The molecule has 0 aliphatic heterocycles. The zero-order valence-electron chi connectivity index (χ0n) is 19.3. The Kier molecular flexibility index (Phi) is 6.91. The third kappa shape index (κ3) is 5.14. The van der Waals surface area contributed by atoms with Gasteiger partial charge in [0, 0.05) is 7.05 Å². The Morgan fingerprint density at radius 1 is 1.00 bits per heavy atom. The summed E-state index contributed by atoms with van der Waals surface area (Å²) >= 11 is 0. The van der Waals surface area contributed by atoms with Gasteiger partial charge in [0.2, 0.25) is 5.76 Å². The first-order valence-corrected chi connectivity index (χ1v) is 10.7. The summed E-state index contributed by atoms with van der Waals surface area (Å²) in [7, 11) is 1.67. The lowest BCUT2D eigenvalue weighted by Crippen LogP contribution is -2.34. The van der Waals surface area contributed by atoms with Crippen molar-refractivity contribution in [1.29, 1.82) is 0 Å². The van der Waals surface area contributed by atoms with E-state index in [4.69, 9.17) is 9.15 Å². The number of amides is 2. The standard InChI is InChI=1S/C25H21N5O6/c1-16-21(24(33)30(29(16)2)18-9-4-3-5-10-18)27-22(31)23(32)28-26-15-17-8-6-11-19(14-17)36-25(34)20-12-7-13-35-20/h3-15H,1-2H3,(H,27,31)(H,28,32)/b26-15+. The minimum absolute atomic E-state index is 0.0171. The molecular weight excluding hydrogens is 466 g/mol. The quantitative estimate of drug-likeness (QED) is 0.141. The average molecular weight is 487 g/mol. The molecular formula is C25H21N5O6. The van der Waals surface area contributed by atoms with E-state index < -0.39 is 23.3 Å². The first kappa shape index (κ1) is 24.0. The van der Waals surface area contributed by atoms with Crippen molar-refractivity contribution < 1.29 is 23.5 Å². The molecule has 2 aromatic carbocycles. The van der Waals surface area contributed by atoms with Crippen LogP contribution in [0, 0.1) is 6.92 Å². The van der Waals surface area contributed by atoms with E-state index in [0.717, 1.165) is 0 Å². The molecule has 2 aromatic heterocycles. The number of benzene rings is 2. The Balaban J connectivity index is 1.39. The van der Waals surface area contributed by atoms with Crippen LogP contribution in [-0.4, -0.2) is 33.4 Å². The molecule has 0 unspecified atom stereocenters. The second-order valence-corrected chi connectivity index (χ2v) is 7.53. The van der Waals surface area contributed by atoms with E-state index >= 15 is 0 Å². The Morgan fingerprint density at radius 2 is 1.78 bits per heavy atom. The summed E-state index contributed by atoms with van der Waals surface area (Å²) in [6.07, 6.45) is 2.63. The Labute approximate surface area is 204 Å². The molecule has 2 N–H and O–H groups in total. The molecule has 0 radical (unpaired) electrons. The fraction of sp³-hybridized carbons (Fsp3) is 0.0800. The van der Waals surface area contributed by atoms with E-state index in [1.165, 1.54) is 29.3 Å². The number of rotatable bonds is 6. The molecule has 182 valence electrons. The zero-order chi connectivity index (χ0) is 25.7. The third-order valence-electron chi connectivity index (χ3n) is 5.17. The molecule has 0 saturated heterocycles. The summed E-state index contributed by atoms with van der Waals surface area (Å²) in [6, 6.07) is 18.3. The Bertz CT molecular complexity index is 1500. The van der Waals surface area contributed by atoms with Crippen molar-refractivity contribution in [3.05, 3.63) is 100 Å². The largest absolute Gasteiger partial charge is 0.457 e. The Hall–Kier alpha value is -5.19. The maximum atomic E-state index is 12.9. The van der Waals surface area contributed by atoms with E-state index in [1.54, 1.807) is 67.2 Å². The summed E-state index contributed by atoms with van der Waals surface area (Å²) < 4.78 is 13.2. The highest BCUT2D eigenvalue weighted by molar-refractivity contribution is 6.39. The number of para-hydroxylation sites is 1. The summed E-state index contributed by atoms with van der Waals surface area (Å²) in [5, 5.41) is 6.11. The van der Waals surface area contributed by atoms with Gasteiger partial charge in [0.1, 0.15) is 11.4 Å². The van der Waals surface area contributed by atoms with Crippen LogP contribution in [0.15, 0.2) is 87.3 Å². The van der Waals surface area contributed by atoms with Crippen molar-refractivity contribution in [2.45, 2.75) is 6.92 Å². The van der Waals surface area contributed by atoms with Crippen LogP contribution in [0.4, 0.5) is 5.69 Å². The van der Waals surface area contributed by atoms with E-state index in [1.807, 2.05) is 6.07 Å². The molecule has 4 rings (SSSR count). The fourth-order valence-corrected chi connectivity index (χ4v) is 3.31. The highest BCUT2D eigenvalue weighted by atomic mass is 16.5. The molecule has 0 bridgehead atoms. The highest BCUT2D eigenvalue weighted by Gasteiger charge is 2.21. The van der Waals surface area contributed by atoms with Crippen molar-refractivity contribution >= 4 is 29.7 Å². The van der Waals surface area contributed by atoms with Gasteiger partial charge in [-0.05, 0) is 48.9 Å². The van der Waals surface area contributed by atoms with Gasteiger partial charge in [-0.1, -0.05) is 30.3 Å². The van der Waals surface area contributed by atoms with Crippen molar-refractivity contribution in [2.75, 3.05) is 5.32 Å². The summed E-state index contributed by atoms with van der Waals surface area (Å²) in [4.78, 5) is 49.5. The van der Waals surface area contributed by atoms with E-state index in [-0.39, 0.29) is 17.2 Å². The monoisotopic (exact) mass is 487 g/mol. The maximum absolute atomic E-state index is 12.9. The van der Waals surface area contributed by atoms with Gasteiger partial charge in [-0.15, -0.1) is 0 Å². The molecule has 0 aliphatic rings. The van der Waals surface area contributed by atoms with Gasteiger partial charge in [-0.25, -0.2) is 14.9 Å². The van der Waals surface area contributed by atoms with Crippen LogP contribution >= 0.6 is 0 Å². The highest BCUT2D eigenvalue weighted by Crippen LogP contribution is 2.15. The maximum Gasteiger partial charge on any atom is 0.379 e. The number of carbonyl (C=O) groups excluding carboxylic acids is 3. The molecule has 4 aromatic rings. The number of furan rings is 1. The molecule has 0 fully saturated rings. The lowest BCUT2D eigenvalue weighted by atomic mass is 10.2. The number of hydrazone groups is 1. The number of hydrogen-bond acceptors (Lipinski definition) is 7. The minimum Gasteiger partial charge on any atom is -0.457 e. The van der Waals surface area contributed by atoms with E-state index in [0.29, 0.717) is 16.9 Å². The summed E-state index contributed by atoms with van der Waals surface area (Å²) in [5.74, 6) is -2.50. The van der Waals surface area contributed by atoms with Crippen LogP contribution in [-0.2, 0) is 16.6 Å². The number of anilines is 1. The van der Waals surface area contributed by atoms with Crippen LogP contribution in [0.2, 0.25) is 0 Å². The fourth-order valence-electron chi connectivity index (χ4n) is 3.31. The molecule has 0 aliphatic carbocycles. The van der Waals surface area contributed by atoms with Crippen LogP contribution < -0.4 is 21.0 Å². The second kappa shape index (κ2) is 10.4. The van der Waals surface area contributed by atoms with Crippen LogP contribution in [0.1, 0.15) is 21.8 Å². The minimum atomic E-state index is -1.07. The first-order valence-electron chi connectivity index (χ1n) is 10.7. The molecule has 36 heavy (non-hydrogen) atoms. The summed E-state index contributed by atoms with van der Waals surface area (Å²) in [6.45, 7) is 1.65. The number of aromatic nitrogens is 2. The SMILES string of the molecule is Cc1c(NC(=O)C(=O)N/N=C/c2cccc(OC(=O)c3ccco3)c2)c(=O)n(-c2ccccc2)n1C. The van der Waals surface area contributed by atoms with Gasteiger partial charge in [0.15, 0.2) is 0 Å². The molecule has 2 amide bonds. The van der Waals surface area contributed by atoms with Gasteiger partial charge in [-0.3, -0.25) is 19.1 Å². The smallest absolute Gasteiger partial charge is 0.379 e. The first-order chi connectivity index (χ1) is 17.3. The van der Waals surface area contributed by atoms with E-state index in [9.17, 15) is 19.2 Å². The van der Waals surface area contributed by atoms with Crippen LogP contribution in [0.3, 0.4) is 0 Å². The normalized spacial score (nSPS) is 10.8. The van der Waals surface area contributed by atoms with Gasteiger partial charge in [0.25, 0.3) is 5.56 Å². The number of nitrogens with zero attached hydrogens (tertiary/aromatic N) is 3. The lowest BCUT2D eigenvalue weighted by molar-refractivity contribution is -0.136. The van der Waals surface area contributed by atoms with Gasteiger partial charge < -0.3 is 14.5 Å². The zero-order valence-corrected chi connectivity index (χ0v) is 19.3. The lowest BCUT2D eigenvalue weighted by Gasteiger charge is -2.07. The van der Waals surface area contributed by atoms with Gasteiger partial charge >= 0.3 is 17.8 Å². The number of carbonyl (C=O) groups is 3. The average Bonchev–Trinajstić information content (AvgIpc) is 3.49.